The van der Waals surface area contributed by atoms with E-state index in [1.165, 1.54) is 5.56 Å². The molecule has 0 aliphatic heterocycles. The summed E-state index contributed by atoms with van der Waals surface area (Å²) in [5, 5.41) is 8.53. The Morgan fingerprint density at radius 2 is 1.74 bits per heavy atom. The number of alkyl halides is 2. The maximum absolute atomic E-state index is 13.2. The van der Waals surface area contributed by atoms with Crippen molar-refractivity contribution in [1.82, 2.24) is 0 Å². The van der Waals surface area contributed by atoms with Crippen molar-refractivity contribution in [3.05, 3.63) is 35.4 Å². The number of benzene rings is 1. The van der Waals surface area contributed by atoms with E-state index in [-0.39, 0.29) is 32.5 Å². The molecule has 1 aromatic carbocycles. The lowest BCUT2D eigenvalue weighted by Gasteiger charge is -2.15. The molecule has 0 aromatic heterocycles. The molecule has 0 fully saturated rings. The second-order valence-electron chi connectivity index (χ2n) is 4.66. The molecule has 0 bridgehead atoms. The number of aryl methyl sites for hydroxylation is 1. The molecule has 0 aliphatic carbocycles. The maximum Gasteiger partial charge on any atom is 0.250 e. The van der Waals surface area contributed by atoms with Crippen LogP contribution in [0.3, 0.4) is 0 Å². The molecule has 1 aromatic rings. The van der Waals surface area contributed by atoms with Gasteiger partial charge in [0.25, 0.3) is 0 Å². The second kappa shape index (κ2) is 8.23. The first-order valence-corrected chi connectivity index (χ1v) is 6.71. The van der Waals surface area contributed by atoms with E-state index in [0.29, 0.717) is 6.61 Å². The van der Waals surface area contributed by atoms with Crippen molar-refractivity contribution in [2.75, 3.05) is 13.2 Å². The largest absolute Gasteiger partial charge is 0.396 e. The fraction of sp³-hybridized carbons (Fsp3) is 0.600. The van der Waals surface area contributed by atoms with Crippen molar-refractivity contribution in [3.63, 3.8) is 0 Å². The Kier molecular flexibility index (Phi) is 6.95. The highest BCUT2D eigenvalue weighted by Gasteiger charge is 2.27. The van der Waals surface area contributed by atoms with E-state index in [4.69, 9.17) is 9.84 Å². The van der Waals surface area contributed by atoms with Crippen LogP contribution in [-0.4, -0.2) is 24.2 Å². The van der Waals surface area contributed by atoms with Gasteiger partial charge in [0.1, 0.15) is 0 Å². The van der Waals surface area contributed by atoms with Crippen molar-refractivity contribution < 1.29 is 18.6 Å². The van der Waals surface area contributed by atoms with Gasteiger partial charge in [-0.25, -0.2) is 8.78 Å². The SMILES string of the molecule is CCc1ccc(COCCC(F)(F)CCCO)cc1. The number of rotatable bonds is 9. The lowest BCUT2D eigenvalue weighted by Crippen LogP contribution is -2.19. The monoisotopic (exact) mass is 272 g/mol. The third-order valence-corrected chi connectivity index (χ3v) is 3.01. The van der Waals surface area contributed by atoms with Gasteiger partial charge in [0, 0.05) is 19.4 Å². The predicted octanol–water partition coefficient (Wildman–Crippen LogP) is 3.56. The molecule has 4 heteroatoms. The van der Waals surface area contributed by atoms with Crippen molar-refractivity contribution in [3.8, 4) is 0 Å². The highest BCUT2D eigenvalue weighted by atomic mass is 19.3. The van der Waals surface area contributed by atoms with Crippen LogP contribution in [0.1, 0.15) is 37.3 Å². The van der Waals surface area contributed by atoms with Gasteiger partial charge in [-0.2, -0.15) is 0 Å². The summed E-state index contributed by atoms with van der Waals surface area (Å²) in [6.07, 6.45) is 0.543. The van der Waals surface area contributed by atoms with Gasteiger partial charge in [0.2, 0.25) is 5.92 Å². The molecule has 2 nitrogen and oxygen atoms in total. The van der Waals surface area contributed by atoms with Gasteiger partial charge >= 0.3 is 0 Å². The normalized spacial score (nSPS) is 11.8. The summed E-state index contributed by atoms with van der Waals surface area (Å²) < 4.78 is 31.8. The van der Waals surface area contributed by atoms with Gasteiger partial charge in [-0.05, 0) is 24.0 Å². The van der Waals surface area contributed by atoms with Gasteiger partial charge in [-0.3, -0.25) is 0 Å². The van der Waals surface area contributed by atoms with E-state index < -0.39 is 5.92 Å². The maximum atomic E-state index is 13.2. The van der Waals surface area contributed by atoms with Gasteiger partial charge in [0.05, 0.1) is 13.2 Å². The van der Waals surface area contributed by atoms with E-state index in [0.717, 1.165) is 12.0 Å². The summed E-state index contributed by atoms with van der Waals surface area (Å²) in [4.78, 5) is 0. The van der Waals surface area contributed by atoms with E-state index in [2.05, 4.69) is 6.92 Å². The fourth-order valence-electron chi connectivity index (χ4n) is 1.75. The quantitative estimate of drug-likeness (QED) is 0.696. The number of hydrogen-bond acceptors (Lipinski definition) is 2. The molecule has 0 spiro atoms. The number of halogens is 2. The Morgan fingerprint density at radius 1 is 1.11 bits per heavy atom. The zero-order valence-corrected chi connectivity index (χ0v) is 11.4. The summed E-state index contributed by atoms with van der Waals surface area (Å²) in [5.74, 6) is -2.74. The summed E-state index contributed by atoms with van der Waals surface area (Å²) in [5.41, 5.74) is 2.25. The molecule has 0 saturated carbocycles. The minimum absolute atomic E-state index is 0.0357. The van der Waals surface area contributed by atoms with Crippen LogP contribution in [0.25, 0.3) is 0 Å². The topological polar surface area (TPSA) is 29.5 Å². The number of aliphatic hydroxyl groups is 1. The molecule has 0 unspecified atom stereocenters. The average molecular weight is 272 g/mol. The van der Waals surface area contributed by atoms with Crippen molar-refractivity contribution in [2.45, 2.75) is 45.1 Å². The van der Waals surface area contributed by atoms with E-state index in [9.17, 15) is 8.78 Å². The molecule has 0 heterocycles. The molecule has 1 rings (SSSR count). The Bertz CT molecular complexity index is 350. The summed E-state index contributed by atoms with van der Waals surface area (Å²) in [6.45, 7) is 2.29. The zero-order chi connectivity index (χ0) is 14.1. The highest BCUT2D eigenvalue weighted by molar-refractivity contribution is 5.21. The first kappa shape index (κ1) is 16.1. The Balaban J connectivity index is 2.22. The number of aliphatic hydroxyl groups excluding tert-OH is 1. The van der Waals surface area contributed by atoms with Crippen molar-refractivity contribution >= 4 is 0 Å². The predicted molar refractivity (Wildman–Crippen MR) is 71.4 cm³/mol. The number of ether oxygens (including phenoxy) is 1. The van der Waals surface area contributed by atoms with Crippen LogP contribution < -0.4 is 0 Å². The third-order valence-electron chi connectivity index (χ3n) is 3.01. The summed E-state index contributed by atoms with van der Waals surface area (Å²) in [7, 11) is 0. The van der Waals surface area contributed by atoms with Crippen LogP contribution in [0.5, 0.6) is 0 Å². The second-order valence-corrected chi connectivity index (χ2v) is 4.66. The molecule has 0 atom stereocenters. The molecular weight excluding hydrogens is 250 g/mol. The van der Waals surface area contributed by atoms with Gasteiger partial charge in [0.15, 0.2) is 0 Å². The molecular formula is C15H22F2O2. The Labute approximate surface area is 113 Å². The summed E-state index contributed by atoms with van der Waals surface area (Å²) >= 11 is 0. The molecule has 1 N–H and O–H groups in total. The Hall–Kier alpha value is -1.00. The molecule has 0 amide bonds. The minimum atomic E-state index is -2.74. The van der Waals surface area contributed by atoms with Crippen LogP contribution in [0.4, 0.5) is 8.78 Å². The highest BCUT2D eigenvalue weighted by Crippen LogP contribution is 2.24. The van der Waals surface area contributed by atoms with Crippen molar-refractivity contribution in [1.29, 1.82) is 0 Å². The zero-order valence-electron chi connectivity index (χ0n) is 11.4. The van der Waals surface area contributed by atoms with Crippen LogP contribution in [-0.2, 0) is 17.8 Å². The summed E-state index contributed by atoms with van der Waals surface area (Å²) in [6, 6.07) is 7.97. The van der Waals surface area contributed by atoms with Gasteiger partial charge in [-0.15, -0.1) is 0 Å². The van der Waals surface area contributed by atoms with E-state index in [1.807, 2.05) is 24.3 Å². The average Bonchev–Trinajstić information content (AvgIpc) is 2.42. The van der Waals surface area contributed by atoms with Crippen LogP contribution in [0, 0.1) is 0 Å². The van der Waals surface area contributed by atoms with Gasteiger partial charge in [-0.1, -0.05) is 31.2 Å². The molecule has 0 radical (unpaired) electrons. The molecule has 108 valence electrons. The molecule has 0 aliphatic rings. The first-order valence-electron chi connectivity index (χ1n) is 6.71. The van der Waals surface area contributed by atoms with Gasteiger partial charge < -0.3 is 9.84 Å². The van der Waals surface area contributed by atoms with E-state index >= 15 is 0 Å². The minimum Gasteiger partial charge on any atom is -0.396 e. The van der Waals surface area contributed by atoms with Crippen LogP contribution in [0.2, 0.25) is 0 Å². The van der Waals surface area contributed by atoms with Crippen LogP contribution >= 0.6 is 0 Å². The standard InChI is InChI=1S/C15H22F2O2/c1-2-13-4-6-14(7-5-13)12-19-11-9-15(16,17)8-3-10-18/h4-7,18H,2-3,8-12H2,1H3. The van der Waals surface area contributed by atoms with E-state index in [1.54, 1.807) is 0 Å². The number of hydrogen-bond donors (Lipinski definition) is 1. The first-order chi connectivity index (χ1) is 9.07. The third kappa shape index (κ3) is 6.64. The smallest absolute Gasteiger partial charge is 0.250 e. The lowest BCUT2D eigenvalue weighted by molar-refractivity contribution is -0.0457. The van der Waals surface area contributed by atoms with Crippen LogP contribution in [0.15, 0.2) is 24.3 Å². The Morgan fingerprint density at radius 3 is 2.32 bits per heavy atom. The molecule has 0 saturated heterocycles. The fourth-order valence-corrected chi connectivity index (χ4v) is 1.75. The van der Waals surface area contributed by atoms with Crippen molar-refractivity contribution in [2.24, 2.45) is 0 Å². The molecule has 19 heavy (non-hydrogen) atoms. The lowest BCUT2D eigenvalue weighted by atomic mass is 10.1.